The first-order chi connectivity index (χ1) is 8.03. The number of carbonyl (C=O) groups excluding carboxylic acids is 1. The molecule has 0 aliphatic heterocycles. The molecule has 1 rings (SSSR count). The Labute approximate surface area is 100 Å². The van der Waals surface area contributed by atoms with Crippen molar-refractivity contribution >= 4 is 6.29 Å². The van der Waals surface area contributed by atoms with Crippen LogP contribution in [0, 0.1) is 5.82 Å². The lowest BCUT2D eigenvalue weighted by Gasteiger charge is -2.25. The normalized spacial score (nSPS) is 11.3. The van der Waals surface area contributed by atoms with Crippen LogP contribution in [0.3, 0.4) is 0 Å². The molecule has 0 atom stereocenters. The zero-order chi connectivity index (χ0) is 12.9. The highest BCUT2D eigenvalue weighted by molar-refractivity contribution is 5.75. The maximum Gasteiger partial charge on any atom is 0.150 e. The largest absolute Gasteiger partial charge is 0.490 e. The molecule has 0 fully saturated rings. The van der Waals surface area contributed by atoms with Crippen molar-refractivity contribution < 1.29 is 19.0 Å². The quantitative estimate of drug-likeness (QED) is 0.777. The fraction of sp³-hybridized carbons (Fsp3) is 0.462. The van der Waals surface area contributed by atoms with Gasteiger partial charge < -0.3 is 9.84 Å². The summed E-state index contributed by atoms with van der Waals surface area (Å²) in [6.07, 6.45) is 1.67. The van der Waals surface area contributed by atoms with Crippen molar-refractivity contribution in [3.8, 4) is 5.75 Å². The summed E-state index contributed by atoms with van der Waals surface area (Å²) in [5.74, 6) is -0.270. The molecule has 1 N–H and O–H groups in total. The summed E-state index contributed by atoms with van der Waals surface area (Å²) in [5, 5.41) is 10.00. The van der Waals surface area contributed by atoms with Crippen LogP contribution in [0.2, 0.25) is 0 Å². The van der Waals surface area contributed by atoms with Gasteiger partial charge in [0.1, 0.15) is 24.5 Å². The van der Waals surface area contributed by atoms with Crippen LogP contribution in [0.5, 0.6) is 5.75 Å². The van der Waals surface area contributed by atoms with Crippen molar-refractivity contribution in [2.75, 3.05) is 6.61 Å². The lowest BCUT2D eigenvalue weighted by atomic mass is 9.99. The van der Waals surface area contributed by atoms with Gasteiger partial charge in [-0.1, -0.05) is 13.8 Å². The van der Waals surface area contributed by atoms with E-state index in [4.69, 9.17) is 4.74 Å². The fourth-order valence-corrected chi connectivity index (χ4v) is 1.41. The van der Waals surface area contributed by atoms with Gasteiger partial charge in [-0.15, -0.1) is 0 Å². The molecule has 94 valence electrons. The molecular weight excluding hydrogens is 223 g/mol. The van der Waals surface area contributed by atoms with E-state index in [1.54, 1.807) is 0 Å². The highest BCUT2D eigenvalue weighted by atomic mass is 19.1. The number of aldehydes is 1. The zero-order valence-electron chi connectivity index (χ0n) is 10.1. The van der Waals surface area contributed by atoms with E-state index in [2.05, 4.69) is 0 Å². The van der Waals surface area contributed by atoms with Gasteiger partial charge in [-0.3, -0.25) is 4.79 Å². The average molecular weight is 240 g/mol. The van der Waals surface area contributed by atoms with E-state index in [0.29, 0.717) is 19.1 Å². The number of carbonyl (C=O) groups is 1. The highest BCUT2D eigenvalue weighted by Gasteiger charge is 2.23. The standard InChI is InChI=1S/C13H17FO3/c1-3-13(16,4-2)9-17-12-6-10(8-15)5-11(14)7-12/h5-8,16H,3-4,9H2,1-2H3. The second-order valence-electron chi connectivity index (χ2n) is 4.06. The summed E-state index contributed by atoms with van der Waals surface area (Å²) in [6.45, 7) is 3.80. The third-order valence-electron chi connectivity index (χ3n) is 2.85. The Morgan fingerprint density at radius 2 is 2.00 bits per heavy atom. The van der Waals surface area contributed by atoms with E-state index in [-0.39, 0.29) is 17.9 Å². The summed E-state index contributed by atoms with van der Waals surface area (Å²) in [7, 11) is 0. The van der Waals surface area contributed by atoms with Gasteiger partial charge in [-0.2, -0.15) is 0 Å². The van der Waals surface area contributed by atoms with Crippen LogP contribution in [-0.4, -0.2) is 23.6 Å². The zero-order valence-corrected chi connectivity index (χ0v) is 10.1. The average Bonchev–Trinajstić information content (AvgIpc) is 2.35. The number of benzene rings is 1. The Morgan fingerprint density at radius 1 is 1.35 bits per heavy atom. The van der Waals surface area contributed by atoms with Crippen LogP contribution < -0.4 is 4.74 Å². The molecule has 0 unspecified atom stereocenters. The number of halogens is 1. The molecule has 0 heterocycles. The summed E-state index contributed by atoms with van der Waals surface area (Å²) >= 11 is 0. The second kappa shape index (κ2) is 5.77. The Balaban J connectivity index is 2.75. The third-order valence-corrected chi connectivity index (χ3v) is 2.85. The van der Waals surface area contributed by atoms with Gasteiger partial charge in [-0.05, 0) is 25.0 Å². The van der Waals surface area contributed by atoms with Gasteiger partial charge in [0, 0.05) is 11.6 Å². The van der Waals surface area contributed by atoms with Gasteiger partial charge >= 0.3 is 0 Å². The molecular formula is C13H17FO3. The van der Waals surface area contributed by atoms with E-state index in [9.17, 15) is 14.3 Å². The Hall–Kier alpha value is -1.42. The molecule has 4 heteroatoms. The summed E-state index contributed by atoms with van der Waals surface area (Å²) in [6, 6.07) is 3.77. The second-order valence-corrected chi connectivity index (χ2v) is 4.06. The molecule has 0 saturated heterocycles. The topological polar surface area (TPSA) is 46.5 Å². The molecule has 0 saturated carbocycles. The maximum atomic E-state index is 13.1. The smallest absolute Gasteiger partial charge is 0.150 e. The summed E-state index contributed by atoms with van der Waals surface area (Å²) in [4.78, 5) is 10.6. The first-order valence-electron chi connectivity index (χ1n) is 5.64. The van der Waals surface area contributed by atoms with Gasteiger partial charge in [0.05, 0.1) is 5.60 Å². The van der Waals surface area contributed by atoms with E-state index in [1.807, 2.05) is 13.8 Å². The molecule has 17 heavy (non-hydrogen) atoms. The lowest BCUT2D eigenvalue weighted by molar-refractivity contribution is -0.0114. The number of hydrogen-bond acceptors (Lipinski definition) is 3. The minimum absolute atomic E-state index is 0.0851. The van der Waals surface area contributed by atoms with Crippen LogP contribution >= 0.6 is 0 Å². The minimum atomic E-state index is -0.909. The molecule has 0 bridgehead atoms. The molecule has 0 aliphatic carbocycles. The molecule has 0 amide bonds. The van der Waals surface area contributed by atoms with Crippen LogP contribution in [0.1, 0.15) is 37.0 Å². The fourth-order valence-electron chi connectivity index (χ4n) is 1.41. The maximum absolute atomic E-state index is 13.1. The first kappa shape index (κ1) is 13.6. The number of hydrogen-bond donors (Lipinski definition) is 1. The molecule has 0 spiro atoms. The molecule has 1 aromatic rings. The summed E-state index contributed by atoms with van der Waals surface area (Å²) in [5.41, 5.74) is -0.690. The molecule has 0 aliphatic rings. The minimum Gasteiger partial charge on any atom is -0.490 e. The number of ether oxygens (including phenoxy) is 1. The van der Waals surface area contributed by atoms with Crippen LogP contribution in [-0.2, 0) is 0 Å². The van der Waals surface area contributed by atoms with Crippen LogP contribution in [0.4, 0.5) is 4.39 Å². The molecule has 0 radical (unpaired) electrons. The summed E-state index contributed by atoms with van der Waals surface area (Å²) < 4.78 is 18.4. The van der Waals surface area contributed by atoms with E-state index in [0.717, 1.165) is 6.07 Å². The SMILES string of the molecule is CCC(O)(CC)COc1cc(F)cc(C=O)c1. The van der Waals surface area contributed by atoms with E-state index < -0.39 is 11.4 Å². The molecule has 3 nitrogen and oxygen atoms in total. The predicted molar refractivity (Wildman–Crippen MR) is 62.8 cm³/mol. The van der Waals surface area contributed by atoms with Crippen LogP contribution in [0.25, 0.3) is 0 Å². The Bertz CT molecular complexity index is 386. The van der Waals surface area contributed by atoms with Crippen molar-refractivity contribution in [2.24, 2.45) is 0 Å². The van der Waals surface area contributed by atoms with Crippen molar-refractivity contribution in [1.82, 2.24) is 0 Å². The lowest BCUT2D eigenvalue weighted by Crippen LogP contribution is -2.34. The van der Waals surface area contributed by atoms with Crippen molar-refractivity contribution in [3.05, 3.63) is 29.6 Å². The molecule has 1 aromatic carbocycles. The van der Waals surface area contributed by atoms with Gasteiger partial charge in [-0.25, -0.2) is 4.39 Å². The third kappa shape index (κ3) is 3.82. The van der Waals surface area contributed by atoms with Gasteiger partial charge in [0.2, 0.25) is 0 Å². The van der Waals surface area contributed by atoms with Gasteiger partial charge in [0.15, 0.2) is 0 Å². The van der Waals surface area contributed by atoms with Crippen molar-refractivity contribution in [1.29, 1.82) is 0 Å². The van der Waals surface area contributed by atoms with E-state index in [1.165, 1.54) is 12.1 Å². The van der Waals surface area contributed by atoms with E-state index >= 15 is 0 Å². The number of rotatable bonds is 6. The predicted octanol–water partition coefficient (Wildman–Crippen LogP) is 2.57. The van der Waals surface area contributed by atoms with Crippen molar-refractivity contribution in [3.63, 3.8) is 0 Å². The molecule has 0 aromatic heterocycles. The Morgan fingerprint density at radius 3 is 2.53 bits per heavy atom. The highest BCUT2D eigenvalue weighted by Crippen LogP contribution is 2.20. The monoisotopic (exact) mass is 240 g/mol. The number of aliphatic hydroxyl groups is 1. The van der Waals surface area contributed by atoms with Crippen molar-refractivity contribution in [2.45, 2.75) is 32.3 Å². The first-order valence-corrected chi connectivity index (χ1v) is 5.64. The Kier molecular flexibility index (Phi) is 4.63. The van der Waals surface area contributed by atoms with Gasteiger partial charge in [0.25, 0.3) is 0 Å². The van der Waals surface area contributed by atoms with Crippen LogP contribution in [0.15, 0.2) is 18.2 Å².